The molecule has 1 aliphatic rings. The molecule has 2 aromatic carbocycles. The second-order valence-electron chi connectivity index (χ2n) is 5.59. The van der Waals surface area contributed by atoms with Crippen LogP contribution in [-0.4, -0.2) is 11.4 Å². The van der Waals surface area contributed by atoms with Crippen LogP contribution in [0.1, 0.15) is 22.3 Å². The third-order valence-corrected chi connectivity index (χ3v) is 3.96. The largest absolute Gasteiger partial charge is 0.416 e. The van der Waals surface area contributed by atoms with Crippen molar-refractivity contribution in [2.24, 2.45) is 0 Å². The van der Waals surface area contributed by atoms with E-state index in [9.17, 15) is 18.3 Å². The lowest BCUT2D eigenvalue weighted by molar-refractivity contribution is -0.137. The van der Waals surface area contributed by atoms with E-state index in [1.54, 1.807) is 12.1 Å². The van der Waals surface area contributed by atoms with E-state index in [0.717, 1.165) is 48.3 Å². The smallest absolute Gasteiger partial charge is 0.294 e. The van der Waals surface area contributed by atoms with E-state index in [1.807, 2.05) is 6.07 Å². The average Bonchev–Trinajstić information content (AvgIpc) is 2.47. The lowest BCUT2D eigenvalue weighted by atomic mass is 9.99. The summed E-state index contributed by atoms with van der Waals surface area (Å²) < 4.78 is 37.6. The van der Waals surface area contributed by atoms with Gasteiger partial charge in [-0.3, -0.25) is 10.0 Å². The van der Waals surface area contributed by atoms with E-state index in [-0.39, 0.29) is 5.75 Å². The quantitative estimate of drug-likeness (QED) is 0.806. The summed E-state index contributed by atoms with van der Waals surface area (Å²) in [5.74, 6) is 0.0231. The molecule has 0 bridgehead atoms. The van der Waals surface area contributed by atoms with Crippen LogP contribution in [0.4, 0.5) is 13.2 Å². The van der Waals surface area contributed by atoms with E-state index >= 15 is 0 Å². The minimum absolute atomic E-state index is 0.0231. The van der Waals surface area contributed by atoms with Crippen LogP contribution < -0.4 is 0 Å². The van der Waals surface area contributed by atoms with Gasteiger partial charge in [-0.2, -0.15) is 13.2 Å². The lowest BCUT2D eigenvalue weighted by Gasteiger charge is -2.28. The van der Waals surface area contributed by atoms with Gasteiger partial charge in [0.1, 0.15) is 0 Å². The summed E-state index contributed by atoms with van der Waals surface area (Å²) in [5.41, 5.74) is 2.44. The fraction of sp³-hybridized carbons (Fsp3) is 0.294. The van der Waals surface area contributed by atoms with Gasteiger partial charge < -0.3 is 0 Å². The Balaban J connectivity index is 1.68. The van der Waals surface area contributed by atoms with Gasteiger partial charge in [0.25, 0.3) is 0 Å². The van der Waals surface area contributed by atoms with Crippen LogP contribution in [0, 0.1) is 0 Å². The normalized spacial score (nSPS) is 15.6. The van der Waals surface area contributed by atoms with Crippen LogP contribution in [0.15, 0.2) is 42.5 Å². The molecule has 1 aliphatic heterocycles. The molecule has 1 radical (unpaired) electrons. The second kappa shape index (κ2) is 5.65. The topological polar surface area (TPSA) is 23.1 Å². The molecule has 0 amide bonds. The molecule has 0 unspecified atom stereocenters. The van der Waals surface area contributed by atoms with Crippen LogP contribution >= 0.6 is 0 Å². The fourth-order valence-electron chi connectivity index (χ4n) is 2.78. The number of halogens is 3. The van der Waals surface area contributed by atoms with Crippen LogP contribution in [0.5, 0.6) is 5.75 Å². The fourth-order valence-corrected chi connectivity index (χ4v) is 2.78. The Morgan fingerprint density at radius 2 is 1.73 bits per heavy atom. The summed E-state index contributed by atoms with van der Waals surface area (Å²) in [6, 6.07) is 10.4. The number of nitrogens with zero attached hydrogens (tertiary/aromatic N) is 1. The molecule has 0 atom stereocenters. The molecule has 22 heavy (non-hydrogen) atoms. The van der Waals surface area contributed by atoms with Gasteiger partial charge in [0.05, 0.1) is 5.56 Å². The Labute approximate surface area is 126 Å². The predicted molar refractivity (Wildman–Crippen MR) is 75.8 cm³/mol. The van der Waals surface area contributed by atoms with Gasteiger partial charge in [-0.1, -0.05) is 18.2 Å². The first-order chi connectivity index (χ1) is 10.4. The molecule has 115 valence electrons. The van der Waals surface area contributed by atoms with Gasteiger partial charge in [-0.15, -0.1) is 0 Å². The molecule has 5 heteroatoms. The third-order valence-electron chi connectivity index (χ3n) is 3.96. The molecule has 2 aromatic rings. The van der Waals surface area contributed by atoms with Crippen molar-refractivity contribution in [2.45, 2.75) is 25.7 Å². The highest BCUT2D eigenvalue weighted by Gasteiger charge is 2.30. The van der Waals surface area contributed by atoms with Gasteiger partial charge in [0.15, 0.2) is 5.75 Å². The van der Waals surface area contributed by atoms with Gasteiger partial charge in [-0.05, 0) is 47.4 Å². The van der Waals surface area contributed by atoms with Crippen molar-refractivity contribution in [3.8, 4) is 5.75 Å². The molecule has 3 rings (SSSR count). The zero-order chi connectivity index (χ0) is 15.7. The zero-order valence-electron chi connectivity index (χ0n) is 11.9. The number of fused-ring (bicyclic) bond motifs is 1. The zero-order valence-corrected chi connectivity index (χ0v) is 11.9. The molecule has 1 heterocycles. The van der Waals surface area contributed by atoms with E-state index in [1.165, 1.54) is 12.1 Å². The Bertz CT molecular complexity index is 665. The monoisotopic (exact) mass is 306 g/mol. The highest BCUT2D eigenvalue weighted by molar-refractivity contribution is 5.36. The second-order valence-corrected chi connectivity index (χ2v) is 5.59. The standard InChI is InChI=1S/C17H15F3NO/c18-17(19,20)15-4-1-12(2-5-15)10-21-8-7-13-9-16(22)6-3-14(13)11-21/h1-6,9H,7-8,10-11H2. The van der Waals surface area contributed by atoms with Crippen LogP contribution in [0.2, 0.25) is 0 Å². The van der Waals surface area contributed by atoms with E-state index in [0.29, 0.717) is 6.54 Å². The van der Waals surface area contributed by atoms with Crippen molar-refractivity contribution in [2.75, 3.05) is 6.54 Å². The minimum atomic E-state index is -4.29. The van der Waals surface area contributed by atoms with E-state index < -0.39 is 11.7 Å². The SMILES string of the molecule is [O]c1ccc2c(c1)CCN(Cc1ccc(C(F)(F)F)cc1)C2. The van der Waals surface area contributed by atoms with Crippen molar-refractivity contribution in [3.63, 3.8) is 0 Å². The summed E-state index contributed by atoms with van der Waals surface area (Å²) in [4.78, 5) is 2.18. The third kappa shape index (κ3) is 3.25. The first-order valence-corrected chi connectivity index (χ1v) is 7.09. The lowest BCUT2D eigenvalue weighted by Crippen LogP contribution is -2.29. The van der Waals surface area contributed by atoms with Crippen molar-refractivity contribution in [1.82, 2.24) is 4.90 Å². The summed E-state index contributed by atoms with van der Waals surface area (Å²) in [7, 11) is 0. The average molecular weight is 306 g/mol. The van der Waals surface area contributed by atoms with E-state index in [4.69, 9.17) is 0 Å². The molecule has 0 aromatic heterocycles. The Hall–Kier alpha value is -2.01. The summed E-state index contributed by atoms with van der Waals surface area (Å²) >= 11 is 0. The maximum atomic E-state index is 12.5. The van der Waals surface area contributed by atoms with Gasteiger partial charge in [0.2, 0.25) is 0 Å². The summed E-state index contributed by atoms with van der Waals surface area (Å²) in [6.07, 6.45) is -3.50. The molecule has 0 aliphatic carbocycles. The first-order valence-electron chi connectivity index (χ1n) is 7.09. The molecule has 0 spiro atoms. The van der Waals surface area contributed by atoms with Crippen LogP contribution in [0.3, 0.4) is 0 Å². The molecule has 2 nitrogen and oxygen atoms in total. The minimum Gasteiger partial charge on any atom is -0.294 e. The number of hydrogen-bond acceptors (Lipinski definition) is 1. The van der Waals surface area contributed by atoms with Crippen LogP contribution in [0.25, 0.3) is 0 Å². The summed E-state index contributed by atoms with van der Waals surface area (Å²) in [6.45, 7) is 2.13. The van der Waals surface area contributed by atoms with Crippen molar-refractivity contribution < 1.29 is 18.3 Å². The molecular formula is C17H15F3NO. The van der Waals surface area contributed by atoms with Gasteiger partial charge in [0, 0.05) is 19.6 Å². The van der Waals surface area contributed by atoms with E-state index in [2.05, 4.69) is 4.90 Å². The molecule has 0 saturated heterocycles. The summed E-state index contributed by atoms with van der Waals surface area (Å²) in [5, 5.41) is 11.3. The molecular weight excluding hydrogens is 291 g/mol. The van der Waals surface area contributed by atoms with Crippen LogP contribution in [-0.2, 0) is 30.8 Å². The molecule has 0 saturated carbocycles. The molecule has 0 N–H and O–H groups in total. The Kier molecular flexibility index (Phi) is 3.83. The number of benzene rings is 2. The number of rotatable bonds is 2. The predicted octanol–water partition coefficient (Wildman–Crippen LogP) is 4.41. The first kappa shape index (κ1) is 14.9. The maximum absolute atomic E-state index is 12.5. The van der Waals surface area contributed by atoms with Gasteiger partial charge in [-0.25, -0.2) is 0 Å². The molecule has 0 fully saturated rings. The number of alkyl halides is 3. The van der Waals surface area contributed by atoms with Crippen molar-refractivity contribution in [3.05, 3.63) is 64.7 Å². The van der Waals surface area contributed by atoms with Crippen molar-refractivity contribution >= 4 is 0 Å². The van der Waals surface area contributed by atoms with Gasteiger partial charge >= 0.3 is 6.18 Å². The van der Waals surface area contributed by atoms with Crippen molar-refractivity contribution in [1.29, 1.82) is 0 Å². The highest BCUT2D eigenvalue weighted by Crippen LogP contribution is 2.29. The number of hydrogen-bond donors (Lipinski definition) is 0. The Morgan fingerprint density at radius 3 is 2.41 bits per heavy atom. The Morgan fingerprint density at radius 1 is 1.00 bits per heavy atom. The highest BCUT2D eigenvalue weighted by atomic mass is 19.4. The maximum Gasteiger partial charge on any atom is 0.416 e.